The molecule has 0 bridgehead atoms. The van der Waals surface area contributed by atoms with Gasteiger partial charge < -0.3 is 15.4 Å². The van der Waals surface area contributed by atoms with Crippen LogP contribution in [0.3, 0.4) is 0 Å². The standard InChI is InChI=1S/C26H25ClN4O4/c1-17-6-8-19(9-7-17)14-28-25(33)26(34)31-29-15-20-10-12-21(13-11-20)35-16-24(32)30-23-5-3-4-22(27)18(23)2/h3-13,15H,14,16H2,1-2H3,(H,28,33)(H,30,32)(H,31,34)/b29-15-. The van der Waals surface area contributed by atoms with E-state index in [1.165, 1.54) is 6.21 Å². The Balaban J connectivity index is 1.41. The number of nitrogens with one attached hydrogen (secondary N) is 3. The Morgan fingerprint density at radius 2 is 1.66 bits per heavy atom. The third-order valence-corrected chi connectivity index (χ3v) is 5.36. The predicted molar refractivity (Wildman–Crippen MR) is 136 cm³/mol. The van der Waals surface area contributed by atoms with E-state index in [1.54, 1.807) is 42.5 Å². The van der Waals surface area contributed by atoms with E-state index >= 15 is 0 Å². The van der Waals surface area contributed by atoms with Crippen molar-refractivity contribution in [2.24, 2.45) is 5.10 Å². The van der Waals surface area contributed by atoms with Crippen LogP contribution >= 0.6 is 11.6 Å². The lowest BCUT2D eigenvalue weighted by Crippen LogP contribution is -2.37. The number of rotatable bonds is 8. The molecule has 8 nitrogen and oxygen atoms in total. The summed E-state index contributed by atoms with van der Waals surface area (Å²) in [6, 6.07) is 19.6. The smallest absolute Gasteiger partial charge is 0.329 e. The lowest BCUT2D eigenvalue weighted by atomic mass is 10.1. The molecule has 35 heavy (non-hydrogen) atoms. The summed E-state index contributed by atoms with van der Waals surface area (Å²) >= 11 is 6.06. The minimum absolute atomic E-state index is 0.173. The van der Waals surface area contributed by atoms with Gasteiger partial charge in [-0.1, -0.05) is 47.5 Å². The second-order valence-corrected chi connectivity index (χ2v) is 8.09. The van der Waals surface area contributed by atoms with E-state index in [-0.39, 0.29) is 19.1 Å². The summed E-state index contributed by atoms with van der Waals surface area (Å²) in [5.74, 6) is -1.48. The molecule has 0 aliphatic heterocycles. The number of carbonyl (C=O) groups excluding carboxylic acids is 3. The maximum atomic E-state index is 12.1. The van der Waals surface area contributed by atoms with Crippen molar-refractivity contribution < 1.29 is 19.1 Å². The lowest BCUT2D eigenvalue weighted by Gasteiger charge is -2.10. The SMILES string of the molecule is Cc1ccc(CNC(=O)C(=O)N/N=C\c2ccc(OCC(=O)Nc3cccc(Cl)c3C)cc2)cc1. The minimum atomic E-state index is -0.866. The number of ether oxygens (including phenoxy) is 1. The van der Waals surface area contributed by atoms with Crippen molar-refractivity contribution in [3.05, 3.63) is 94.0 Å². The van der Waals surface area contributed by atoms with Crippen LogP contribution in [0.5, 0.6) is 5.75 Å². The number of amides is 3. The van der Waals surface area contributed by atoms with Crippen molar-refractivity contribution in [1.82, 2.24) is 10.7 Å². The van der Waals surface area contributed by atoms with Gasteiger partial charge in [0.1, 0.15) is 5.75 Å². The highest BCUT2D eigenvalue weighted by Gasteiger charge is 2.12. The predicted octanol–water partition coefficient (Wildman–Crippen LogP) is 3.74. The summed E-state index contributed by atoms with van der Waals surface area (Å²) < 4.78 is 5.50. The molecule has 9 heteroatoms. The molecule has 0 atom stereocenters. The molecule has 0 spiro atoms. The molecule has 0 saturated carbocycles. The van der Waals surface area contributed by atoms with E-state index in [0.29, 0.717) is 22.0 Å². The van der Waals surface area contributed by atoms with Gasteiger partial charge in [0.15, 0.2) is 6.61 Å². The molecule has 3 rings (SSSR count). The van der Waals surface area contributed by atoms with Gasteiger partial charge >= 0.3 is 11.8 Å². The van der Waals surface area contributed by atoms with Gasteiger partial charge in [0, 0.05) is 17.3 Å². The third-order valence-electron chi connectivity index (χ3n) is 4.95. The first-order chi connectivity index (χ1) is 16.8. The normalized spacial score (nSPS) is 10.6. The summed E-state index contributed by atoms with van der Waals surface area (Å²) in [6.45, 7) is 3.86. The Bertz CT molecular complexity index is 1230. The molecular formula is C26H25ClN4O4. The molecule has 0 aromatic heterocycles. The summed E-state index contributed by atoms with van der Waals surface area (Å²) in [5, 5.41) is 9.66. The van der Waals surface area contributed by atoms with Gasteiger partial charge in [-0.3, -0.25) is 14.4 Å². The number of hydrogen-bond acceptors (Lipinski definition) is 5. The zero-order valence-electron chi connectivity index (χ0n) is 19.3. The molecule has 0 saturated heterocycles. The number of aryl methyl sites for hydroxylation is 1. The maximum absolute atomic E-state index is 12.1. The Labute approximate surface area is 208 Å². The van der Waals surface area contributed by atoms with Crippen LogP contribution in [0.1, 0.15) is 22.3 Å². The van der Waals surface area contributed by atoms with Crippen LogP contribution in [0, 0.1) is 13.8 Å². The molecular weight excluding hydrogens is 468 g/mol. The summed E-state index contributed by atoms with van der Waals surface area (Å²) in [4.78, 5) is 35.9. The zero-order valence-corrected chi connectivity index (χ0v) is 20.1. The number of carbonyl (C=O) groups is 3. The van der Waals surface area contributed by atoms with Gasteiger partial charge in [-0.2, -0.15) is 5.10 Å². The van der Waals surface area contributed by atoms with E-state index in [0.717, 1.165) is 16.7 Å². The molecule has 3 aromatic rings. The Morgan fingerprint density at radius 1 is 0.943 bits per heavy atom. The second-order valence-electron chi connectivity index (χ2n) is 7.69. The van der Waals surface area contributed by atoms with Crippen molar-refractivity contribution in [1.29, 1.82) is 0 Å². The molecule has 0 fully saturated rings. The van der Waals surface area contributed by atoms with Gasteiger partial charge in [-0.05, 0) is 66.9 Å². The average molecular weight is 493 g/mol. The van der Waals surface area contributed by atoms with Crippen LogP contribution in [-0.2, 0) is 20.9 Å². The van der Waals surface area contributed by atoms with Gasteiger partial charge in [0.25, 0.3) is 5.91 Å². The van der Waals surface area contributed by atoms with Crippen LogP contribution in [0.2, 0.25) is 5.02 Å². The quantitative estimate of drug-likeness (QED) is 0.253. The largest absolute Gasteiger partial charge is 0.484 e. The number of hydrazone groups is 1. The number of halogens is 1. The molecule has 180 valence electrons. The van der Waals surface area contributed by atoms with Crippen molar-refractivity contribution in [3.63, 3.8) is 0 Å². The highest BCUT2D eigenvalue weighted by molar-refractivity contribution is 6.35. The van der Waals surface area contributed by atoms with Crippen LogP contribution in [0.4, 0.5) is 5.69 Å². The highest BCUT2D eigenvalue weighted by Crippen LogP contribution is 2.22. The van der Waals surface area contributed by atoms with E-state index < -0.39 is 11.8 Å². The molecule has 0 radical (unpaired) electrons. The Kier molecular flexibility index (Phi) is 8.97. The fraction of sp³-hybridized carbons (Fsp3) is 0.154. The van der Waals surface area contributed by atoms with Crippen molar-refractivity contribution >= 4 is 41.2 Å². The molecule has 0 heterocycles. The van der Waals surface area contributed by atoms with Gasteiger partial charge in [0.2, 0.25) is 0 Å². The van der Waals surface area contributed by atoms with Crippen LogP contribution < -0.4 is 20.8 Å². The average Bonchev–Trinajstić information content (AvgIpc) is 2.85. The molecule has 3 amide bonds. The lowest BCUT2D eigenvalue weighted by molar-refractivity contribution is -0.139. The fourth-order valence-electron chi connectivity index (χ4n) is 2.91. The summed E-state index contributed by atoms with van der Waals surface area (Å²) in [6.07, 6.45) is 1.39. The van der Waals surface area contributed by atoms with Gasteiger partial charge in [-0.15, -0.1) is 0 Å². The van der Waals surface area contributed by atoms with Crippen molar-refractivity contribution in [2.45, 2.75) is 20.4 Å². The van der Waals surface area contributed by atoms with Gasteiger partial charge in [-0.25, -0.2) is 5.43 Å². The van der Waals surface area contributed by atoms with Crippen molar-refractivity contribution in [2.75, 3.05) is 11.9 Å². The first-order valence-corrected chi connectivity index (χ1v) is 11.1. The van der Waals surface area contributed by atoms with E-state index in [1.807, 2.05) is 38.1 Å². The number of benzene rings is 3. The monoisotopic (exact) mass is 492 g/mol. The van der Waals surface area contributed by atoms with Crippen LogP contribution in [0.25, 0.3) is 0 Å². The van der Waals surface area contributed by atoms with Gasteiger partial charge in [0.05, 0.1) is 6.21 Å². The zero-order chi connectivity index (χ0) is 25.2. The molecule has 0 unspecified atom stereocenters. The fourth-order valence-corrected chi connectivity index (χ4v) is 3.09. The summed E-state index contributed by atoms with van der Waals surface area (Å²) in [5.41, 5.74) is 6.26. The van der Waals surface area contributed by atoms with Crippen LogP contribution in [0.15, 0.2) is 71.8 Å². The van der Waals surface area contributed by atoms with E-state index in [2.05, 4.69) is 21.2 Å². The second kappa shape index (κ2) is 12.3. The highest BCUT2D eigenvalue weighted by atomic mass is 35.5. The summed E-state index contributed by atoms with van der Waals surface area (Å²) in [7, 11) is 0. The number of hydrogen-bond donors (Lipinski definition) is 3. The minimum Gasteiger partial charge on any atom is -0.484 e. The molecule has 0 aliphatic carbocycles. The number of anilines is 1. The third kappa shape index (κ3) is 7.97. The van der Waals surface area contributed by atoms with E-state index in [9.17, 15) is 14.4 Å². The van der Waals surface area contributed by atoms with Crippen LogP contribution in [-0.4, -0.2) is 30.5 Å². The first kappa shape index (κ1) is 25.5. The number of nitrogens with zero attached hydrogens (tertiary/aromatic N) is 1. The Morgan fingerprint density at radius 3 is 2.37 bits per heavy atom. The maximum Gasteiger partial charge on any atom is 0.329 e. The molecule has 3 N–H and O–H groups in total. The van der Waals surface area contributed by atoms with Crippen molar-refractivity contribution in [3.8, 4) is 5.75 Å². The topological polar surface area (TPSA) is 109 Å². The van der Waals surface area contributed by atoms with E-state index in [4.69, 9.17) is 16.3 Å². The molecule has 0 aliphatic rings. The Hall–Kier alpha value is -4.17. The first-order valence-electron chi connectivity index (χ1n) is 10.8. The molecule has 3 aromatic carbocycles.